The molecule has 0 heterocycles. The summed E-state index contributed by atoms with van der Waals surface area (Å²) >= 11 is 0. The number of nitrogens with one attached hydrogen (secondary N) is 1. The predicted octanol–water partition coefficient (Wildman–Crippen LogP) is 2.02. The lowest BCUT2D eigenvalue weighted by molar-refractivity contribution is 0.410. The Balaban J connectivity index is 0.00000162. The molecule has 0 aliphatic heterocycles. The molecule has 0 spiro atoms. The number of nitrogens with two attached hydrogens (primary N) is 1. The lowest BCUT2D eigenvalue weighted by atomic mass is 10.2. The molecule has 4 nitrogen and oxygen atoms in total. The van der Waals surface area contributed by atoms with Crippen molar-refractivity contribution in [1.82, 2.24) is 5.32 Å². The lowest BCUT2D eigenvalue weighted by Gasteiger charge is -2.05. The minimum Gasteiger partial charge on any atom is -0.497 e. The van der Waals surface area contributed by atoms with Crippen LogP contribution in [0.4, 0.5) is 4.39 Å². The summed E-state index contributed by atoms with van der Waals surface area (Å²) < 4.78 is 18.2. The third-order valence-corrected chi connectivity index (χ3v) is 2.53. The summed E-state index contributed by atoms with van der Waals surface area (Å²) in [5.41, 5.74) is 6.42. The zero-order chi connectivity index (χ0) is 12.3. The molecule has 18 heavy (non-hydrogen) atoms. The first-order valence-corrected chi connectivity index (χ1v) is 5.57. The van der Waals surface area contributed by atoms with Gasteiger partial charge < -0.3 is 15.8 Å². The SMILES string of the molecule is COc1cc(F)cc(CN=C(N)NC2CC2)c1.I. The van der Waals surface area contributed by atoms with E-state index in [9.17, 15) is 4.39 Å². The third kappa shape index (κ3) is 4.67. The van der Waals surface area contributed by atoms with Gasteiger partial charge in [0.25, 0.3) is 0 Å². The van der Waals surface area contributed by atoms with Gasteiger partial charge in [-0.2, -0.15) is 0 Å². The van der Waals surface area contributed by atoms with Crippen molar-refractivity contribution in [3.63, 3.8) is 0 Å². The van der Waals surface area contributed by atoms with Crippen molar-refractivity contribution >= 4 is 29.9 Å². The van der Waals surface area contributed by atoms with Crippen LogP contribution in [0.5, 0.6) is 5.75 Å². The van der Waals surface area contributed by atoms with E-state index < -0.39 is 0 Å². The zero-order valence-electron chi connectivity index (χ0n) is 10.1. The molecule has 0 radical (unpaired) electrons. The van der Waals surface area contributed by atoms with E-state index in [2.05, 4.69) is 10.3 Å². The smallest absolute Gasteiger partial charge is 0.189 e. The quantitative estimate of drug-likeness (QED) is 0.488. The highest BCUT2D eigenvalue weighted by molar-refractivity contribution is 14.0. The molecule has 1 aliphatic carbocycles. The molecular formula is C12H17FIN3O. The number of aliphatic imine (C=N–C) groups is 1. The number of ether oxygens (including phenoxy) is 1. The Kier molecular flexibility index (Phi) is 5.64. The molecule has 100 valence electrons. The molecule has 1 fully saturated rings. The summed E-state index contributed by atoms with van der Waals surface area (Å²) in [5, 5.41) is 3.07. The van der Waals surface area contributed by atoms with Crippen molar-refractivity contribution in [1.29, 1.82) is 0 Å². The molecule has 3 N–H and O–H groups in total. The van der Waals surface area contributed by atoms with Gasteiger partial charge in [-0.3, -0.25) is 0 Å². The highest BCUT2D eigenvalue weighted by Gasteiger charge is 2.21. The van der Waals surface area contributed by atoms with Crippen LogP contribution in [0.15, 0.2) is 23.2 Å². The molecule has 6 heteroatoms. The summed E-state index contributed by atoms with van der Waals surface area (Å²) in [5.74, 6) is 0.572. The first kappa shape index (κ1) is 15.0. The van der Waals surface area contributed by atoms with E-state index >= 15 is 0 Å². The van der Waals surface area contributed by atoms with Gasteiger partial charge in [-0.05, 0) is 30.5 Å². The Morgan fingerprint density at radius 1 is 1.50 bits per heavy atom. The number of methoxy groups -OCH3 is 1. The number of hydrogen-bond acceptors (Lipinski definition) is 2. The van der Waals surface area contributed by atoms with Gasteiger partial charge in [0.05, 0.1) is 13.7 Å². The van der Waals surface area contributed by atoms with E-state index in [1.165, 1.54) is 19.2 Å². The fraction of sp³-hybridized carbons (Fsp3) is 0.417. The van der Waals surface area contributed by atoms with Crippen LogP contribution in [0.2, 0.25) is 0 Å². The highest BCUT2D eigenvalue weighted by Crippen LogP contribution is 2.18. The van der Waals surface area contributed by atoms with Crippen molar-refractivity contribution in [3.8, 4) is 5.75 Å². The molecule has 0 saturated heterocycles. The second-order valence-corrected chi connectivity index (χ2v) is 4.12. The molecule has 1 aliphatic rings. The van der Waals surface area contributed by atoms with Crippen LogP contribution in [-0.2, 0) is 6.54 Å². The molecular weight excluding hydrogens is 348 g/mol. The van der Waals surface area contributed by atoms with Crippen molar-refractivity contribution in [2.45, 2.75) is 25.4 Å². The summed E-state index contributed by atoms with van der Waals surface area (Å²) in [6, 6.07) is 4.98. The summed E-state index contributed by atoms with van der Waals surface area (Å²) in [7, 11) is 1.50. The second-order valence-electron chi connectivity index (χ2n) is 4.12. The number of hydrogen-bond donors (Lipinski definition) is 2. The lowest BCUT2D eigenvalue weighted by Crippen LogP contribution is -2.33. The molecule has 0 amide bonds. The van der Waals surface area contributed by atoms with E-state index in [0.29, 0.717) is 24.3 Å². The molecule has 1 aromatic carbocycles. The van der Waals surface area contributed by atoms with Crippen molar-refractivity contribution < 1.29 is 9.13 Å². The minimum absolute atomic E-state index is 0. The van der Waals surface area contributed by atoms with Gasteiger partial charge in [0.1, 0.15) is 11.6 Å². The van der Waals surface area contributed by atoms with Crippen molar-refractivity contribution in [2.75, 3.05) is 7.11 Å². The molecule has 0 unspecified atom stereocenters. The highest BCUT2D eigenvalue weighted by atomic mass is 127. The number of nitrogens with zero attached hydrogens (tertiary/aromatic N) is 1. The number of guanidine groups is 1. The molecule has 1 aromatic rings. The van der Waals surface area contributed by atoms with Gasteiger partial charge in [0.15, 0.2) is 5.96 Å². The largest absolute Gasteiger partial charge is 0.497 e. The van der Waals surface area contributed by atoms with Crippen LogP contribution in [0, 0.1) is 5.82 Å². The minimum atomic E-state index is -0.330. The van der Waals surface area contributed by atoms with Gasteiger partial charge in [-0.1, -0.05) is 0 Å². The van der Waals surface area contributed by atoms with E-state index in [1.807, 2.05) is 0 Å². The van der Waals surface area contributed by atoms with Gasteiger partial charge >= 0.3 is 0 Å². The van der Waals surface area contributed by atoms with E-state index in [4.69, 9.17) is 10.5 Å². The summed E-state index contributed by atoms with van der Waals surface area (Å²) in [4.78, 5) is 4.15. The molecule has 0 atom stereocenters. The topological polar surface area (TPSA) is 59.6 Å². The van der Waals surface area contributed by atoms with E-state index in [1.54, 1.807) is 6.07 Å². The molecule has 0 bridgehead atoms. The molecule has 0 aromatic heterocycles. The fourth-order valence-corrected chi connectivity index (χ4v) is 1.49. The first-order valence-electron chi connectivity index (χ1n) is 5.57. The molecule has 2 rings (SSSR count). The fourth-order valence-electron chi connectivity index (χ4n) is 1.49. The normalized spacial score (nSPS) is 14.9. The Hall–Kier alpha value is -1.05. The average molecular weight is 365 g/mol. The van der Waals surface area contributed by atoms with Crippen LogP contribution in [0.25, 0.3) is 0 Å². The maximum atomic E-state index is 13.2. The van der Waals surface area contributed by atoms with Gasteiger partial charge in [-0.25, -0.2) is 9.38 Å². The summed E-state index contributed by atoms with van der Waals surface area (Å²) in [6.45, 7) is 0.347. The standard InChI is InChI=1S/C12H16FN3O.HI/c1-17-11-5-8(4-9(13)6-11)7-15-12(14)16-10-2-3-10;/h4-6,10H,2-3,7H2,1H3,(H3,14,15,16);1H. The molecule has 1 saturated carbocycles. The van der Waals surface area contributed by atoms with Crippen LogP contribution in [0.1, 0.15) is 18.4 Å². The first-order chi connectivity index (χ1) is 8.17. The van der Waals surface area contributed by atoms with Crippen LogP contribution in [0.3, 0.4) is 0 Å². The van der Waals surface area contributed by atoms with Gasteiger partial charge in [-0.15, -0.1) is 24.0 Å². The predicted molar refractivity (Wildman–Crippen MR) is 79.9 cm³/mol. The third-order valence-electron chi connectivity index (χ3n) is 2.53. The Labute approximate surface area is 123 Å². The average Bonchev–Trinajstić information content (AvgIpc) is 3.09. The van der Waals surface area contributed by atoms with Crippen molar-refractivity contribution in [2.24, 2.45) is 10.7 Å². The maximum Gasteiger partial charge on any atom is 0.189 e. The van der Waals surface area contributed by atoms with Crippen LogP contribution < -0.4 is 15.8 Å². The van der Waals surface area contributed by atoms with Gasteiger partial charge in [0, 0.05) is 12.1 Å². The Morgan fingerprint density at radius 2 is 2.22 bits per heavy atom. The Morgan fingerprint density at radius 3 is 2.83 bits per heavy atom. The van der Waals surface area contributed by atoms with Crippen LogP contribution >= 0.6 is 24.0 Å². The van der Waals surface area contributed by atoms with E-state index in [0.717, 1.165) is 18.4 Å². The number of rotatable bonds is 4. The monoisotopic (exact) mass is 365 g/mol. The second kappa shape index (κ2) is 6.77. The number of halogens is 2. The zero-order valence-corrected chi connectivity index (χ0v) is 12.5. The van der Waals surface area contributed by atoms with E-state index in [-0.39, 0.29) is 29.8 Å². The maximum absolute atomic E-state index is 13.2. The summed E-state index contributed by atoms with van der Waals surface area (Å²) in [6.07, 6.45) is 2.29. The Bertz CT molecular complexity index is 435. The van der Waals surface area contributed by atoms with Crippen LogP contribution in [-0.4, -0.2) is 19.1 Å². The number of benzene rings is 1. The van der Waals surface area contributed by atoms with Crippen molar-refractivity contribution in [3.05, 3.63) is 29.6 Å². The van der Waals surface area contributed by atoms with Gasteiger partial charge in [0.2, 0.25) is 0 Å².